The van der Waals surface area contributed by atoms with Crippen molar-refractivity contribution in [2.75, 3.05) is 23.3 Å². The van der Waals surface area contributed by atoms with Gasteiger partial charge in [0.25, 0.3) is 0 Å². The van der Waals surface area contributed by atoms with E-state index in [1.54, 1.807) is 9.80 Å². The standard InChI is InChI=1S/C37H50ClN3O3Si/c1-10-11-21-40-32-20-18-28(38)23-29(32)34(27-15-13-12-14-16-27)41(35(40)43)24-33(42)39-31-22-26(17-19-30(31)36(2,3)4)25-44-45(8,9)37(5,6)7/h12-20,22-23,34H,10-11,21,24-25H2,1-9H3,(H,39,42). The summed E-state index contributed by atoms with van der Waals surface area (Å²) in [4.78, 5) is 31.7. The fourth-order valence-corrected chi connectivity index (χ4v) is 6.62. The van der Waals surface area contributed by atoms with E-state index in [4.69, 9.17) is 16.0 Å². The lowest BCUT2D eigenvalue weighted by Crippen LogP contribution is -2.52. The number of hydrogen-bond acceptors (Lipinski definition) is 3. The van der Waals surface area contributed by atoms with Crippen LogP contribution in [0.25, 0.3) is 0 Å². The van der Waals surface area contributed by atoms with Crippen molar-refractivity contribution in [1.29, 1.82) is 0 Å². The highest BCUT2D eigenvalue weighted by atomic mass is 35.5. The minimum Gasteiger partial charge on any atom is -0.413 e. The number of anilines is 2. The Kier molecular flexibility index (Phi) is 10.6. The molecule has 6 nitrogen and oxygen atoms in total. The number of urea groups is 1. The first-order valence-electron chi connectivity index (χ1n) is 16.0. The van der Waals surface area contributed by atoms with Crippen LogP contribution in [0.5, 0.6) is 0 Å². The van der Waals surface area contributed by atoms with Crippen LogP contribution in [0.2, 0.25) is 23.2 Å². The number of hydrogen-bond donors (Lipinski definition) is 1. The summed E-state index contributed by atoms with van der Waals surface area (Å²) in [6.45, 7) is 20.6. The van der Waals surface area contributed by atoms with Gasteiger partial charge in [-0.2, -0.15) is 0 Å². The second kappa shape index (κ2) is 13.7. The zero-order valence-corrected chi connectivity index (χ0v) is 30.2. The van der Waals surface area contributed by atoms with Crippen molar-refractivity contribution in [1.82, 2.24) is 4.90 Å². The Balaban J connectivity index is 1.69. The Morgan fingerprint density at radius 2 is 1.67 bits per heavy atom. The quantitative estimate of drug-likeness (QED) is 0.223. The van der Waals surface area contributed by atoms with Gasteiger partial charge in [0.05, 0.1) is 18.3 Å². The van der Waals surface area contributed by atoms with Gasteiger partial charge in [0, 0.05) is 22.8 Å². The van der Waals surface area contributed by atoms with Gasteiger partial charge in [-0.15, -0.1) is 0 Å². The molecule has 1 aliphatic rings. The van der Waals surface area contributed by atoms with Crippen molar-refractivity contribution >= 4 is 43.2 Å². The van der Waals surface area contributed by atoms with E-state index in [0.29, 0.717) is 18.2 Å². The summed E-state index contributed by atoms with van der Waals surface area (Å²) in [5.74, 6) is -0.252. The molecular formula is C37H50ClN3O3Si. The van der Waals surface area contributed by atoms with Gasteiger partial charge in [0.1, 0.15) is 6.54 Å². The normalized spacial score (nSPS) is 15.7. The van der Waals surface area contributed by atoms with Gasteiger partial charge in [-0.25, -0.2) is 4.79 Å². The lowest BCUT2D eigenvalue weighted by atomic mass is 9.85. The monoisotopic (exact) mass is 647 g/mol. The van der Waals surface area contributed by atoms with Crippen LogP contribution in [0.4, 0.5) is 16.2 Å². The van der Waals surface area contributed by atoms with E-state index >= 15 is 0 Å². The van der Waals surface area contributed by atoms with Gasteiger partial charge in [-0.1, -0.05) is 109 Å². The predicted octanol–water partition coefficient (Wildman–Crippen LogP) is 9.93. The minimum absolute atomic E-state index is 0.0968. The third kappa shape index (κ3) is 8.00. The van der Waals surface area contributed by atoms with Crippen LogP contribution >= 0.6 is 11.6 Å². The third-order valence-corrected chi connectivity index (χ3v) is 13.8. The molecule has 242 valence electrons. The van der Waals surface area contributed by atoms with Gasteiger partial charge in [-0.3, -0.25) is 9.69 Å². The van der Waals surface area contributed by atoms with E-state index in [9.17, 15) is 9.59 Å². The molecule has 1 aliphatic heterocycles. The zero-order valence-electron chi connectivity index (χ0n) is 28.5. The predicted molar refractivity (Wildman–Crippen MR) is 190 cm³/mol. The molecule has 3 aromatic rings. The first kappa shape index (κ1) is 34.7. The lowest BCUT2D eigenvalue weighted by Gasteiger charge is -2.43. The molecule has 4 rings (SSSR count). The van der Waals surface area contributed by atoms with Crippen LogP contribution in [-0.2, 0) is 21.2 Å². The Hall–Kier alpha value is -3.13. The molecule has 0 saturated carbocycles. The van der Waals surface area contributed by atoms with Crippen LogP contribution in [0.3, 0.4) is 0 Å². The highest BCUT2D eigenvalue weighted by Crippen LogP contribution is 2.42. The van der Waals surface area contributed by atoms with E-state index in [2.05, 4.69) is 79.0 Å². The van der Waals surface area contributed by atoms with Crippen molar-refractivity contribution in [3.05, 3.63) is 94.0 Å². The highest BCUT2D eigenvalue weighted by Gasteiger charge is 2.40. The summed E-state index contributed by atoms with van der Waals surface area (Å²) in [7, 11) is -1.96. The first-order valence-corrected chi connectivity index (χ1v) is 19.3. The molecule has 0 saturated heterocycles. The summed E-state index contributed by atoms with van der Waals surface area (Å²) in [5, 5.41) is 3.89. The number of carbonyl (C=O) groups is 2. The number of rotatable bonds is 10. The van der Waals surface area contributed by atoms with Crippen LogP contribution in [-0.4, -0.2) is 38.2 Å². The average Bonchev–Trinajstić information content (AvgIpc) is 2.95. The van der Waals surface area contributed by atoms with E-state index in [1.165, 1.54) is 0 Å². The largest absolute Gasteiger partial charge is 0.413 e. The van der Waals surface area contributed by atoms with Gasteiger partial charge in [-0.05, 0) is 70.9 Å². The molecule has 0 bridgehead atoms. The maximum absolute atomic E-state index is 14.2. The summed E-state index contributed by atoms with van der Waals surface area (Å²) in [6, 6.07) is 21.1. The number of fused-ring (bicyclic) bond motifs is 1. The molecule has 45 heavy (non-hydrogen) atoms. The van der Waals surface area contributed by atoms with E-state index in [1.807, 2.05) is 54.6 Å². The van der Waals surface area contributed by atoms with Gasteiger partial charge < -0.3 is 14.6 Å². The van der Waals surface area contributed by atoms with Crippen molar-refractivity contribution in [3.8, 4) is 0 Å². The maximum atomic E-state index is 14.2. The SMILES string of the molecule is CCCCN1C(=O)N(CC(=O)Nc2cc(CO[Si](C)(C)C(C)(C)C)ccc2C(C)(C)C)C(c2ccccc2)c2cc(Cl)ccc21. The number of nitrogens with one attached hydrogen (secondary N) is 1. The number of amides is 3. The van der Waals surface area contributed by atoms with Crippen LogP contribution < -0.4 is 10.2 Å². The highest BCUT2D eigenvalue weighted by molar-refractivity contribution is 6.74. The molecule has 8 heteroatoms. The van der Waals surface area contributed by atoms with Crippen LogP contribution in [0.15, 0.2) is 66.7 Å². The number of halogens is 1. The zero-order chi connectivity index (χ0) is 33.2. The van der Waals surface area contributed by atoms with Crippen molar-refractivity contribution in [3.63, 3.8) is 0 Å². The molecule has 0 fully saturated rings. The second-order valence-corrected chi connectivity index (χ2v) is 19.9. The van der Waals surface area contributed by atoms with E-state index < -0.39 is 14.4 Å². The summed E-state index contributed by atoms with van der Waals surface area (Å²) in [5.41, 5.74) is 5.26. The van der Waals surface area contributed by atoms with E-state index in [0.717, 1.165) is 46.5 Å². The summed E-state index contributed by atoms with van der Waals surface area (Å²) < 4.78 is 6.51. The smallest absolute Gasteiger partial charge is 0.325 e. The molecule has 3 aromatic carbocycles. The molecule has 0 spiro atoms. The Labute approximate surface area is 276 Å². The maximum Gasteiger partial charge on any atom is 0.325 e. The molecule has 1 N–H and O–H groups in total. The molecule has 1 heterocycles. The van der Waals surface area contributed by atoms with Crippen molar-refractivity contribution in [2.24, 2.45) is 0 Å². The first-order chi connectivity index (χ1) is 21.0. The molecule has 1 unspecified atom stereocenters. The fourth-order valence-electron chi connectivity index (χ4n) is 5.48. The third-order valence-electron chi connectivity index (χ3n) is 9.10. The average molecular weight is 648 g/mol. The second-order valence-electron chi connectivity index (χ2n) is 14.7. The Morgan fingerprint density at radius 3 is 2.29 bits per heavy atom. The van der Waals surface area contributed by atoms with Crippen molar-refractivity contribution in [2.45, 2.75) is 97.5 Å². The molecule has 1 atom stereocenters. The number of carbonyl (C=O) groups excluding carboxylic acids is 2. The fraction of sp³-hybridized carbons (Fsp3) is 0.459. The molecular weight excluding hydrogens is 598 g/mol. The molecule has 3 amide bonds. The minimum atomic E-state index is -1.96. The van der Waals surface area contributed by atoms with Crippen LogP contribution in [0.1, 0.15) is 89.6 Å². The van der Waals surface area contributed by atoms with E-state index in [-0.39, 0.29) is 28.9 Å². The number of unbranched alkanes of at least 4 members (excludes halogenated alkanes) is 1. The van der Waals surface area contributed by atoms with Gasteiger partial charge in [0.15, 0.2) is 8.32 Å². The Bertz CT molecular complexity index is 1510. The number of benzene rings is 3. The van der Waals surface area contributed by atoms with Gasteiger partial charge >= 0.3 is 6.03 Å². The molecule has 0 radical (unpaired) electrons. The molecule has 0 aromatic heterocycles. The van der Waals surface area contributed by atoms with Gasteiger partial charge in [0.2, 0.25) is 5.91 Å². The topological polar surface area (TPSA) is 61.9 Å². The lowest BCUT2D eigenvalue weighted by molar-refractivity contribution is -0.117. The summed E-state index contributed by atoms with van der Waals surface area (Å²) in [6.07, 6.45) is 1.79. The summed E-state index contributed by atoms with van der Waals surface area (Å²) >= 11 is 6.52. The number of nitrogens with zero attached hydrogens (tertiary/aromatic N) is 2. The van der Waals surface area contributed by atoms with Crippen LogP contribution in [0, 0.1) is 0 Å². The van der Waals surface area contributed by atoms with Crippen molar-refractivity contribution < 1.29 is 14.0 Å². The molecule has 0 aliphatic carbocycles. The Morgan fingerprint density at radius 1 is 0.978 bits per heavy atom.